The Morgan fingerprint density at radius 3 is 1.89 bits per heavy atom. The monoisotopic (exact) mass is 387 g/mol. The summed E-state index contributed by atoms with van der Waals surface area (Å²) in [6.07, 6.45) is 1.03. The van der Waals surface area contributed by atoms with Gasteiger partial charge in [0.25, 0.3) is 0 Å². The number of ether oxygens (including phenoxy) is 3. The topological polar surface area (TPSA) is 115 Å². The van der Waals surface area contributed by atoms with E-state index in [-0.39, 0.29) is 18.3 Å². The Hall–Kier alpha value is -1.82. The van der Waals surface area contributed by atoms with Crippen molar-refractivity contribution in [3.63, 3.8) is 0 Å². The normalized spacial score (nSPS) is 29.1. The summed E-state index contributed by atoms with van der Waals surface area (Å²) in [5.74, 6) is 0.642. The van der Waals surface area contributed by atoms with E-state index in [0.717, 1.165) is 42.1 Å². The van der Waals surface area contributed by atoms with E-state index in [1.165, 1.54) is 0 Å². The predicted molar refractivity (Wildman–Crippen MR) is 99.8 cm³/mol. The Balaban J connectivity index is 1.63. The molecule has 0 aromatic carbocycles. The minimum Gasteiger partial charge on any atom is -0.369 e. The molecule has 3 aliphatic heterocycles. The van der Waals surface area contributed by atoms with E-state index in [9.17, 15) is 0 Å². The SMILES string of the molecule is c1nc(C2CNCCO2)c2nc(C3CNCCO3)nc(C3CNCCO3)c2n1. The standard InChI is InChI=1S/C18H25N7O3/c1-4-26-11(7-19-1)14-17-16(23-10-22-14)15(12-8-20-2-5-27-12)24-18(25-17)13-9-21-3-6-28-13/h10-13,19-21H,1-9H2. The Labute approximate surface area is 162 Å². The molecule has 0 spiro atoms. The molecule has 10 heteroatoms. The number of hydrogen-bond acceptors (Lipinski definition) is 10. The smallest absolute Gasteiger partial charge is 0.159 e. The highest BCUT2D eigenvalue weighted by Crippen LogP contribution is 2.30. The molecular formula is C18H25N7O3. The largest absolute Gasteiger partial charge is 0.369 e. The van der Waals surface area contributed by atoms with E-state index >= 15 is 0 Å². The van der Waals surface area contributed by atoms with Crippen LogP contribution in [0.5, 0.6) is 0 Å². The summed E-state index contributed by atoms with van der Waals surface area (Å²) in [6.45, 7) is 6.50. The molecule has 0 bridgehead atoms. The summed E-state index contributed by atoms with van der Waals surface area (Å²) >= 11 is 0. The zero-order chi connectivity index (χ0) is 18.8. The third-order valence-electron chi connectivity index (χ3n) is 5.24. The molecule has 3 saturated heterocycles. The van der Waals surface area contributed by atoms with Crippen LogP contribution in [0.3, 0.4) is 0 Å². The van der Waals surface area contributed by atoms with Crippen LogP contribution in [0, 0.1) is 0 Å². The van der Waals surface area contributed by atoms with Gasteiger partial charge in [-0.15, -0.1) is 0 Å². The maximum Gasteiger partial charge on any atom is 0.159 e. The zero-order valence-corrected chi connectivity index (χ0v) is 15.7. The van der Waals surface area contributed by atoms with Crippen LogP contribution in [-0.4, -0.2) is 79.0 Å². The first-order chi connectivity index (χ1) is 13.9. The molecule has 0 amide bonds. The molecule has 3 fully saturated rings. The summed E-state index contributed by atoms with van der Waals surface area (Å²) in [5.41, 5.74) is 3.02. The van der Waals surface area contributed by atoms with Crippen molar-refractivity contribution < 1.29 is 14.2 Å². The van der Waals surface area contributed by atoms with E-state index in [4.69, 9.17) is 24.2 Å². The number of morpholine rings is 3. The molecule has 28 heavy (non-hydrogen) atoms. The maximum atomic E-state index is 5.99. The van der Waals surface area contributed by atoms with Crippen LogP contribution in [0.15, 0.2) is 6.33 Å². The lowest BCUT2D eigenvalue weighted by Crippen LogP contribution is -2.36. The summed E-state index contributed by atoms with van der Waals surface area (Å²) < 4.78 is 17.8. The lowest BCUT2D eigenvalue weighted by molar-refractivity contribution is 0.0164. The van der Waals surface area contributed by atoms with Gasteiger partial charge < -0.3 is 30.2 Å². The summed E-state index contributed by atoms with van der Waals surface area (Å²) in [7, 11) is 0. The third kappa shape index (κ3) is 3.59. The average Bonchev–Trinajstić information content (AvgIpc) is 2.79. The van der Waals surface area contributed by atoms with Crippen molar-refractivity contribution in [3.05, 3.63) is 23.5 Å². The van der Waals surface area contributed by atoms with Gasteiger partial charge in [-0.1, -0.05) is 0 Å². The molecule has 3 atom stereocenters. The van der Waals surface area contributed by atoms with Gasteiger partial charge in [0.1, 0.15) is 47.1 Å². The van der Waals surface area contributed by atoms with Gasteiger partial charge in [-0.3, -0.25) is 0 Å². The first kappa shape index (κ1) is 18.2. The van der Waals surface area contributed by atoms with Crippen LogP contribution in [0.2, 0.25) is 0 Å². The minimum atomic E-state index is -0.202. The van der Waals surface area contributed by atoms with Gasteiger partial charge in [0.15, 0.2) is 5.82 Å². The second-order valence-electron chi connectivity index (χ2n) is 7.11. The molecule has 0 radical (unpaired) electrons. The molecule has 5 heterocycles. The van der Waals surface area contributed by atoms with Gasteiger partial charge in [0.2, 0.25) is 0 Å². The fraction of sp³-hybridized carbons (Fsp3) is 0.667. The van der Waals surface area contributed by atoms with E-state index in [1.54, 1.807) is 6.33 Å². The first-order valence-corrected chi connectivity index (χ1v) is 9.89. The van der Waals surface area contributed by atoms with Gasteiger partial charge in [-0.05, 0) is 0 Å². The molecule has 0 saturated carbocycles. The molecular weight excluding hydrogens is 362 g/mol. The molecule has 2 aromatic heterocycles. The Morgan fingerprint density at radius 1 is 0.679 bits per heavy atom. The van der Waals surface area contributed by atoms with Crippen LogP contribution in [0.1, 0.15) is 35.5 Å². The van der Waals surface area contributed by atoms with Crippen molar-refractivity contribution in [2.75, 3.05) is 59.1 Å². The molecule has 0 aliphatic carbocycles. The Bertz CT molecular complexity index is 818. The number of aromatic nitrogens is 4. The Morgan fingerprint density at radius 2 is 1.29 bits per heavy atom. The van der Waals surface area contributed by atoms with Gasteiger partial charge in [-0.2, -0.15) is 0 Å². The number of nitrogens with zero attached hydrogens (tertiary/aromatic N) is 4. The number of hydrogen-bond donors (Lipinski definition) is 3. The van der Waals surface area contributed by atoms with Crippen LogP contribution in [-0.2, 0) is 14.2 Å². The van der Waals surface area contributed by atoms with Crippen molar-refractivity contribution in [2.24, 2.45) is 0 Å². The number of fused-ring (bicyclic) bond motifs is 1. The molecule has 5 rings (SSSR count). The lowest BCUT2D eigenvalue weighted by atomic mass is 10.1. The summed E-state index contributed by atoms with van der Waals surface area (Å²) in [5, 5.41) is 10.1. The van der Waals surface area contributed by atoms with Crippen molar-refractivity contribution in [1.29, 1.82) is 0 Å². The highest BCUT2D eigenvalue weighted by molar-refractivity contribution is 5.79. The maximum absolute atomic E-state index is 5.99. The fourth-order valence-corrected chi connectivity index (χ4v) is 3.82. The highest BCUT2D eigenvalue weighted by Gasteiger charge is 2.29. The fourth-order valence-electron chi connectivity index (χ4n) is 3.82. The highest BCUT2D eigenvalue weighted by atomic mass is 16.5. The van der Waals surface area contributed by atoms with Gasteiger partial charge in [0.05, 0.1) is 19.8 Å². The van der Waals surface area contributed by atoms with Gasteiger partial charge in [0, 0.05) is 39.3 Å². The van der Waals surface area contributed by atoms with Crippen molar-refractivity contribution in [3.8, 4) is 0 Å². The average molecular weight is 387 g/mol. The molecule has 150 valence electrons. The number of rotatable bonds is 3. The van der Waals surface area contributed by atoms with Crippen LogP contribution < -0.4 is 16.0 Å². The summed E-state index contributed by atoms with van der Waals surface area (Å²) in [6, 6.07) is 0. The number of nitrogens with one attached hydrogen (secondary N) is 3. The van der Waals surface area contributed by atoms with Crippen molar-refractivity contribution in [1.82, 2.24) is 35.9 Å². The van der Waals surface area contributed by atoms with Crippen molar-refractivity contribution in [2.45, 2.75) is 18.3 Å². The molecule has 10 nitrogen and oxygen atoms in total. The first-order valence-electron chi connectivity index (χ1n) is 9.89. The zero-order valence-electron chi connectivity index (χ0n) is 15.7. The molecule has 2 aromatic rings. The van der Waals surface area contributed by atoms with Crippen LogP contribution in [0.25, 0.3) is 11.0 Å². The molecule has 3 unspecified atom stereocenters. The van der Waals surface area contributed by atoms with Crippen molar-refractivity contribution >= 4 is 11.0 Å². The third-order valence-corrected chi connectivity index (χ3v) is 5.24. The quantitative estimate of drug-likeness (QED) is 0.631. The Kier molecular flexibility index (Phi) is 5.39. The van der Waals surface area contributed by atoms with E-state index in [2.05, 4.69) is 25.9 Å². The van der Waals surface area contributed by atoms with E-state index in [1.807, 2.05) is 0 Å². The van der Waals surface area contributed by atoms with Crippen LogP contribution >= 0.6 is 0 Å². The lowest BCUT2D eigenvalue weighted by Gasteiger charge is -2.28. The second kappa shape index (κ2) is 8.27. The predicted octanol–water partition coefficient (Wildman–Crippen LogP) is -0.597. The van der Waals surface area contributed by atoms with E-state index < -0.39 is 0 Å². The molecule has 3 aliphatic rings. The van der Waals surface area contributed by atoms with E-state index in [0.29, 0.717) is 45.3 Å². The second-order valence-corrected chi connectivity index (χ2v) is 7.11. The van der Waals surface area contributed by atoms with Crippen LogP contribution in [0.4, 0.5) is 0 Å². The summed E-state index contributed by atoms with van der Waals surface area (Å²) in [4.78, 5) is 18.7. The van der Waals surface area contributed by atoms with Gasteiger partial charge in [-0.25, -0.2) is 19.9 Å². The van der Waals surface area contributed by atoms with Gasteiger partial charge >= 0.3 is 0 Å². The molecule has 3 N–H and O–H groups in total. The minimum absolute atomic E-state index is 0.161.